The maximum atomic E-state index is 12.5. The Morgan fingerprint density at radius 3 is 2.32 bits per heavy atom. The second-order valence-corrected chi connectivity index (χ2v) is 7.43. The summed E-state index contributed by atoms with van der Waals surface area (Å²) in [7, 11) is -3.75. The zero-order chi connectivity index (χ0) is 19.0. The Kier molecular flexibility index (Phi) is 7.98. The van der Waals surface area contributed by atoms with Gasteiger partial charge in [-0.1, -0.05) is 27.7 Å². The van der Waals surface area contributed by atoms with Crippen LogP contribution in [0.3, 0.4) is 0 Å². The van der Waals surface area contributed by atoms with E-state index in [0.29, 0.717) is 13.1 Å². The van der Waals surface area contributed by atoms with Crippen LogP contribution in [0.15, 0.2) is 28.2 Å². The van der Waals surface area contributed by atoms with E-state index in [1.807, 2.05) is 13.8 Å². The predicted molar refractivity (Wildman–Crippen MR) is 99.4 cm³/mol. The average Bonchev–Trinajstić information content (AvgIpc) is 2.59. The number of hydrogen-bond acceptors (Lipinski definition) is 6. The van der Waals surface area contributed by atoms with Crippen molar-refractivity contribution < 1.29 is 13.3 Å². The van der Waals surface area contributed by atoms with Crippen molar-refractivity contribution in [1.29, 1.82) is 0 Å². The van der Waals surface area contributed by atoms with E-state index in [0.717, 1.165) is 18.9 Å². The quantitative estimate of drug-likeness (QED) is 0.386. The van der Waals surface area contributed by atoms with Crippen molar-refractivity contribution in [2.45, 2.75) is 45.4 Å². The molecule has 0 heterocycles. The first-order chi connectivity index (χ1) is 11.8. The molecule has 25 heavy (non-hydrogen) atoms. The number of hydrazone groups is 1. The standard InChI is InChI=1S/C16H26N4O4S/c1-5-13(6-2)12-17-18-15-10-9-14(11-16(15)20(21)22)25(23,24)19(7-3)8-4/h9-13,18H,5-8H2,1-4H3/b17-12-. The van der Waals surface area contributed by atoms with Gasteiger partial charge in [0.15, 0.2) is 0 Å². The van der Waals surface area contributed by atoms with Gasteiger partial charge in [0.25, 0.3) is 5.69 Å². The molecule has 0 atom stereocenters. The topological polar surface area (TPSA) is 105 Å². The molecule has 0 fully saturated rings. The van der Waals surface area contributed by atoms with Gasteiger partial charge in [-0.2, -0.15) is 9.41 Å². The molecule has 0 radical (unpaired) electrons. The van der Waals surface area contributed by atoms with Crippen LogP contribution in [0.2, 0.25) is 0 Å². The monoisotopic (exact) mass is 370 g/mol. The fraction of sp³-hybridized carbons (Fsp3) is 0.562. The minimum atomic E-state index is -3.75. The van der Waals surface area contributed by atoms with Crippen molar-refractivity contribution in [3.63, 3.8) is 0 Å². The number of nitro groups is 1. The smallest absolute Gasteiger partial charge is 0.272 e. The summed E-state index contributed by atoms with van der Waals surface area (Å²) in [5.41, 5.74) is 2.48. The molecule has 0 saturated carbocycles. The third-order valence-corrected chi connectivity index (χ3v) is 6.07. The largest absolute Gasteiger partial charge is 0.295 e. The second kappa shape index (κ2) is 9.47. The van der Waals surface area contributed by atoms with E-state index in [1.54, 1.807) is 20.1 Å². The summed E-state index contributed by atoms with van der Waals surface area (Å²) in [6, 6.07) is 3.80. The molecule has 0 aliphatic carbocycles. The normalized spacial score (nSPS) is 12.2. The molecule has 1 aromatic carbocycles. The summed E-state index contributed by atoms with van der Waals surface area (Å²) in [5, 5.41) is 15.4. The SMILES string of the molecule is CCC(/C=N\Nc1ccc(S(=O)(=O)N(CC)CC)cc1[N+](=O)[O-])CC. The van der Waals surface area contributed by atoms with Gasteiger partial charge in [-0.15, -0.1) is 0 Å². The van der Waals surface area contributed by atoms with Crippen molar-refractivity contribution in [2.75, 3.05) is 18.5 Å². The summed E-state index contributed by atoms with van der Waals surface area (Å²) in [4.78, 5) is 10.6. The summed E-state index contributed by atoms with van der Waals surface area (Å²) in [6.45, 7) is 8.11. The van der Waals surface area contributed by atoms with Crippen LogP contribution >= 0.6 is 0 Å². The van der Waals surface area contributed by atoms with E-state index in [-0.39, 0.29) is 22.2 Å². The van der Waals surface area contributed by atoms with Gasteiger partial charge in [0.2, 0.25) is 10.0 Å². The Labute approximate surface area is 149 Å². The van der Waals surface area contributed by atoms with Crippen LogP contribution in [0.1, 0.15) is 40.5 Å². The number of anilines is 1. The molecule has 9 heteroatoms. The molecule has 0 aromatic heterocycles. The van der Waals surface area contributed by atoms with Gasteiger partial charge in [0.05, 0.1) is 9.82 Å². The first-order valence-electron chi connectivity index (χ1n) is 8.39. The predicted octanol–water partition coefficient (Wildman–Crippen LogP) is 3.46. The molecule has 1 rings (SSSR count). The molecule has 1 N–H and O–H groups in total. The minimum absolute atomic E-state index is 0.0996. The van der Waals surface area contributed by atoms with Crippen molar-refractivity contribution in [3.05, 3.63) is 28.3 Å². The van der Waals surface area contributed by atoms with E-state index in [4.69, 9.17) is 0 Å². The number of nitro benzene ring substituents is 1. The number of nitrogens with zero attached hydrogens (tertiary/aromatic N) is 3. The molecular formula is C16H26N4O4S. The van der Waals surface area contributed by atoms with E-state index in [1.165, 1.54) is 16.4 Å². The molecule has 0 saturated heterocycles. The third-order valence-electron chi connectivity index (χ3n) is 4.03. The fourth-order valence-electron chi connectivity index (χ4n) is 2.34. The highest BCUT2D eigenvalue weighted by Gasteiger charge is 2.25. The molecule has 0 aliphatic heterocycles. The van der Waals surface area contributed by atoms with Crippen LogP contribution in [0.25, 0.3) is 0 Å². The third kappa shape index (κ3) is 5.23. The van der Waals surface area contributed by atoms with Gasteiger partial charge < -0.3 is 0 Å². The highest BCUT2D eigenvalue weighted by Crippen LogP contribution is 2.29. The Hall–Kier alpha value is -2.00. The lowest BCUT2D eigenvalue weighted by atomic mass is 10.1. The van der Waals surface area contributed by atoms with Crippen LogP contribution in [-0.4, -0.2) is 37.0 Å². The second-order valence-electron chi connectivity index (χ2n) is 5.49. The van der Waals surface area contributed by atoms with Gasteiger partial charge in [-0.25, -0.2) is 8.42 Å². The van der Waals surface area contributed by atoms with Crippen LogP contribution < -0.4 is 5.43 Å². The van der Waals surface area contributed by atoms with Crippen LogP contribution in [0.5, 0.6) is 0 Å². The Balaban J connectivity index is 3.18. The van der Waals surface area contributed by atoms with Gasteiger partial charge >= 0.3 is 0 Å². The lowest BCUT2D eigenvalue weighted by molar-refractivity contribution is -0.384. The number of rotatable bonds is 10. The maximum absolute atomic E-state index is 12.5. The lowest BCUT2D eigenvalue weighted by Crippen LogP contribution is -2.30. The molecule has 0 amide bonds. The fourth-order valence-corrected chi connectivity index (χ4v) is 3.82. The zero-order valence-electron chi connectivity index (χ0n) is 15.1. The molecule has 0 unspecified atom stereocenters. The van der Waals surface area contributed by atoms with Crippen LogP contribution in [0.4, 0.5) is 11.4 Å². The zero-order valence-corrected chi connectivity index (χ0v) is 15.9. The molecule has 1 aromatic rings. The Bertz CT molecular complexity index is 711. The van der Waals surface area contributed by atoms with Gasteiger partial charge in [-0.05, 0) is 30.9 Å². The number of benzene rings is 1. The van der Waals surface area contributed by atoms with E-state index in [2.05, 4.69) is 10.5 Å². The van der Waals surface area contributed by atoms with Gasteiger partial charge in [-0.3, -0.25) is 15.5 Å². The molecule has 0 aliphatic rings. The molecule has 8 nitrogen and oxygen atoms in total. The summed E-state index contributed by atoms with van der Waals surface area (Å²) in [6.07, 6.45) is 3.56. The van der Waals surface area contributed by atoms with Crippen LogP contribution in [-0.2, 0) is 10.0 Å². The van der Waals surface area contributed by atoms with Crippen molar-refractivity contribution in [3.8, 4) is 0 Å². The van der Waals surface area contributed by atoms with Crippen molar-refractivity contribution in [1.82, 2.24) is 4.31 Å². The first kappa shape index (κ1) is 21.0. The van der Waals surface area contributed by atoms with Crippen molar-refractivity contribution in [2.24, 2.45) is 11.0 Å². The highest BCUT2D eigenvalue weighted by atomic mass is 32.2. The number of nitrogens with one attached hydrogen (secondary N) is 1. The van der Waals surface area contributed by atoms with Crippen molar-refractivity contribution >= 4 is 27.6 Å². The summed E-state index contributed by atoms with van der Waals surface area (Å²) >= 11 is 0. The Morgan fingerprint density at radius 1 is 1.24 bits per heavy atom. The number of sulfonamides is 1. The maximum Gasteiger partial charge on any atom is 0.295 e. The Morgan fingerprint density at radius 2 is 1.84 bits per heavy atom. The molecule has 0 spiro atoms. The average molecular weight is 370 g/mol. The lowest BCUT2D eigenvalue weighted by Gasteiger charge is -2.18. The first-order valence-corrected chi connectivity index (χ1v) is 9.83. The minimum Gasteiger partial charge on any atom is -0.272 e. The molecule has 140 valence electrons. The summed E-state index contributed by atoms with van der Waals surface area (Å²) in [5.74, 6) is 0.286. The number of hydrogen-bond donors (Lipinski definition) is 1. The molecular weight excluding hydrogens is 344 g/mol. The van der Waals surface area contributed by atoms with E-state index < -0.39 is 14.9 Å². The van der Waals surface area contributed by atoms with Crippen LogP contribution in [0, 0.1) is 16.0 Å². The summed E-state index contributed by atoms with van der Waals surface area (Å²) < 4.78 is 26.3. The van der Waals surface area contributed by atoms with E-state index >= 15 is 0 Å². The van der Waals surface area contributed by atoms with Gasteiger partial charge in [0.1, 0.15) is 5.69 Å². The highest BCUT2D eigenvalue weighted by molar-refractivity contribution is 7.89. The molecule has 0 bridgehead atoms. The van der Waals surface area contributed by atoms with E-state index in [9.17, 15) is 18.5 Å². The van der Waals surface area contributed by atoms with Gasteiger partial charge in [0, 0.05) is 25.4 Å².